The summed E-state index contributed by atoms with van der Waals surface area (Å²) in [7, 11) is 0. The van der Waals surface area contributed by atoms with Crippen molar-refractivity contribution in [3.05, 3.63) is 53.7 Å². The highest BCUT2D eigenvalue weighted by molar-refractivity contribution is 5.99. The maximum absolute atomic E-state index is 12.9. The number of nitrogen functional groups attached to an aromatic ring is 1. The number of anilines is 1. The quantitative estimate of drug-likeness (QED) is 0.237. The Morgan fingerprint density at radius 1 is 1.27 bits per heavy atom. The molecule has 0 atom stereocenters. The molecule has 0 aliphatic rings. The van der Waals surface area contributed by atoms with Crippen LogP contribution in [0.1, 0.15) is 23.0 Å². The smallest absolute Gasteiger partial charge is 0.294 e. The van der Waals surface area contributed by atoms with Gasteiger partial charge in [-0.05, 0) is 41.5 Å². The minimum atomic E-state index is -0.692. The van der Waals surface area contributed by atoms with E-state index in [0.29, 0.717) is 17.9 Å². The van der Waals surface area contributed by atoms with Crippen molar-refractivity contribution in [3.63, 3.8) is 0 Å². The summed E-state index contributed by atoms with van der Waals surface area (Å²) in [5, 5.41) is 38.3. The molecule has 0 aliphatic heterocycles. The number of phenols is 2. The van der Waals surface area contributed by atoms with Crippen molar-refractivity contribution in [1.29, 1.82) is 0 Å². The van der Waals surface area contributed by atoms with Crippen LogP contribution in [-0.4, -0.2) is 54.2 Å². The van der Waals surface area contributed by atoms with Crippen LogP contribution in [0.25, 0.3) is 17.1 Å². The lowest BCUT2D eigenvalue weighted by molar-refractivity contribution is 0.0950. The van der Waals surface area contributed by atoms with Gasteiger partial charge in [0.15, 0.2) is 5.69 Å². The van der Waals surface area contributed by atoms with Gasteiger partial charge in [0.05, 0.1) is 12.8 Å². The Morgan fingerprint density at radius 2 is 2.12 bits per heavy atom. The van der Waals surface area contributed by atoms with Crippen LogP contribution in [0.3, 0.4) is 0 Å². The van der Waals surface area contributed by atoms with Crippen LogP contribution < -0.4 is 15.9 Å². The number of aromatic hydroxyl groups is 2. The van der Waals surface area contributed by atoms with Gasteiger partial charge in [0, 0.05) is 17.2 Å². The van der Waals surface area contributed by atoms with E-state index in [1.165, 1.54) is 23.0 Å². The molecular weight excluding hydrogens is 432 g/mol. The number of hydrogen-bond acceptors (Lipinski definition) is 11. The number of carbonyl (C=O) groups excluding carboxylic acids is 1. The molecule has 0 fully saturated rings. The fourth-order valence-electron chi connectivity index (χ4n) is 2.93. The Kier molecular flexibility index (Phi) is 5.84. The lowest BCUT2D eigenvalue weighted by atomic mass is 10.1. The van der Waals surface area contributed by atoms with Crippen molar-refractivity contribution < 1.29 is 24.4 Å². The molecule has 0 radical (unpaired) electrons. The highest BCUT2D eigenvalue weighted by atomic mass is 16.6. The SMILES string of the molecule is CCOc1cccc(-c2c(C(=O)NN=Cc3ccc(O)cc3O)nnn2-c2nonc2N)c1. The molecule has 4 aromatic rings. The maximum atomic E-state index is 12.9. The summed E-state index contributed by atoms with van der Waals surface area (Å²) in [6.07, 6.45) is 1.21. The molecule has 0 saturated carbocycles. The van der Waals surface area contributed by atoms with E-state index in [4.69, 9.17) is 10.5 Å². The number of nitrogens with zero attached hydrogens (tertiary/aromatic N) is 6. The van der Waals surface area contributed by atoms with Crippen molar-refractivity contribution in [1.82, 2.24) is 30.7 Å². The zero-order valence-corrected chi connectivity index (χ0v) is 17.2. The third kappa shape index (κ3) is 4.41. The third-order valence-corrected chi connectivity index (χ3v) is 4.38. The van der Waals surface area contributed by atoms with E-state index in [2.05, 4.69) is 35.8 Å². The van der Waals surface area contributed by atoms with Gasteiger partial charge in [0.2, 0.25) is 11.6 Å². The van der Waals surface area contributed by atoms with Gasteiger partial charge in [-0.1, -0.05) is 17.3 Å². The normalized spacial score (nSPS) is 11.1. The number of aromatic nitrogens is 5. The summed E-state index contributed by atoms with van der Waals surface area (Å²) in [5.74, 6) is -0.429. The monoisotopic (exact) mass is 450 g/mol. The van der Waals surface area contributed by atoms with E-state index < -0.39 is 5.91 Å². The van der Waals surface area contributed by atoms with Gasteiger partial charge in [-0.3, -0.25) is 4.79 Å². The summed E-state index contributed by atoms with van der Waals surface area (Å²) in [5.41, 5.74) is 9.12. The number of benzene rings is 2. The predicted molar refractivity (Wildman–Crippen MR) is 115 cm³/mol. The molecule has 2 heterocycles. The highest BCUT2D eigenvalue weighted by Gasteiger charge is 2.25. The van der Waals surface area contributed by atoms with Crippen LogP contribution >= 0.6 is 0 Å². The summed E-state index contributed by atoms with van der Waals surface area (Å²) in [4.78, 5) is 12.9. The number of hydrazone groups is 1. The van der Waals surface area contributed by atoms with Gasteiger partial charge in [-0.15, -0.1) is 5.10 Å². The van der Waals surface area contributed by atoms with Crippen LogP contribution in [0.15, 0.2) is 52.2 Å². The molecule has 5 N–H and O–H groups in total. The Balaban J connectivity index is 1.70. The number of rotatable bonds is 7. The minimum Gasteiger partial charge on any atom is -0.508 e. The zero-order valence-electron chi connectivity index (χ0n) is 17.2. The standard InChI is InChI=1S/C20H18N8O5/c1-2-32-14-5-3-4-11(8-14)17-16(23-27-28(17)19-18(21)25-33-26-19)20(31)24-22-10-12-6-7-13(29)9-15(12)30/h3-10,29-30H,2H2,1H3,(H2,21,25)(H,24,31). The van der Waals surface area contributed by atoms with Crippen LogP contribution in [0.5, 0.6) is 17.2 Å². The van der Waals surface area contributed by atoms with E-state index in [1.807, 2.05) is 6.92 Å². The van der Waals surface area contributed by atoms with Gasteiger partial charge in [0.1, 0.15) is 22.9 Å². The Hall–Kier alpha value is -4.94. The van der Waals surface area contributed by atoms with E-state index in [1.54, 1.807) is 24.3 Å². The van der Waals surface area contributed by atoms with Crippen molar-refractivity contribution in [2.75, 3.05) is 12.3 Å². The molecule has 1 amide bonds. The number of carbonyl (C=O) groups is 1. The first kappa shape index (κ1) is 21.3. The van der Waals surface area contributed by atoms with Crippen molar-refractivity contribution in [2.45, 2.75) is 6.92 Å². The molecule has 0 spiro atoms. The molecule has 0 bridgehead atoms. The first-order chi connectivity index (χ1) is 16.0. The number of nitrogens with one attached hydrogen (secondary N) is 1. The Bertz CT molecular complexity index is 1330. The van der Waals surface area contributed by atoms with Gasteiger partial charge in [0.25, 0.3) is 5.91 Å². The van der Waals surface area contributed by atoms with Crippen LogP contribution in [0, 0.1) is 0 Å². The van der Waals surface area contributed by atoms with Crippen molar-refractivity contribution in [2.24, 2.45) is 5.10 Å². The average molecular weight is 450 g/mol. The molecule has 0 unspecified atom stereocenters. The van der Waals surface area contributed by atoms with Crippen molar-refractivity contribution in [3.8, 4) is 34.3 Å². The first-order valence-corrected chi connectivity index (χ1v) is 9.60. The third-order valence-electron chi connectivity index (χ3n) is 4.38. The zero-order chi connectivity index (χ0) is 23.4. The van der Waals surface area contributed by atoms with Crippen molar-refractivity contribution >= 4 is 17.9 Å². The summed E-state index contributed by atoms with van der Waals surface area (Å²) >= 11 is 0. The van der Waals surface area contributed by atoms with Gasteiger partial charge < -0.3 is 20.7 Å². The second-order valence-electron chi connectivity index (χ2n) is 6.57. The number of phenolic OH excluding ortho intramolecular Hbond substituents is 2. The van der Waals surface area contributed by atoms with Gasteiger partial charge in [-0.2, -0.15) is 9.78 Å². The molecule has 13 nitrogen and oxygen atoms in total. The van der Waals surface area contributed by atoms with Gasteiger partial charge in [-0.25, -0.2) is 10.1 Å². The molecule has 2 aromatic carbocycles. The van der Waals surface area contributed by atoms with Crippen LogP contribution in [0.2, 0.25) is 0 Å². The molecule has 0 aliphatic carbocycles. The van der Waals surface area contributed by atoms with E-state index in [-0.39, 0.29) is 40.1 Å². The molecule has 0 saturated heterocycles. The second kappa shape index (κ2) is 9.05. The average Bonchev–Trinajstić information content (AvgIpc) is 3.41. The van der Waals surface area contributed by atoms with Crippen LogP contribution in [0.4, 0.5) is 5.82 Å². The summed E-state index contributed by atoms with van der Waals surface area (Å²) < 4.78 is 11.4. The lowest BCUT2D eigenvalue weighted by Crippen LogP contribution is -2.19. The lowest BCUT2D eigenvalue weighted by Gasteiger charge is -2.08. The molecule has 2 aromatic heterocycles. The Labute approximate surface area is 186 Å². The summed E-state index contributed by atoms with van der Waals surface area (Å²) in [6.45, 7) is 2.30. The van der Waals surface area contributed by atoms with Crippen LogP contribution in [-0.2, 0) is 0 Å². The fourth-order valence-corrected chi connectivity index (χ4v) is 2.93. The fraction of sp³-hybridized carbons (Fsp3) is 0.100. The Morgan fingerprint density at radius 3 is 2.85 bits per heavy atom. The largest absolute Gasteiger partial charge is 0.508 e. The van der Waals surface area contributed by atoms with E-state index in [0.717, 1.165) is 6.07 Å². The predicted octanol–water partition coefficient (Wildman–Crippen LogP) is 1.47. The van der Waals surface area contributed by atoms with E-state index >= 15 is 0 Å². The topological polar surface area (TPSA) is 187 Å². The second-order valence-corrected chi connectivity index (χ2v) is 6.57. The summed E-state index contributed by atoms with van der Waals surface area (Å²) in [6, 6.07) is 10.9. The molecular formula is C20H18N8O5. The van der Waals surface area contributed by atoms with E-state index in [9.17, 15) is 15.0 Å². The molecule has 13 heteroatoms. The molecule has 168 valence electrons. The van der Waals surface area contributed by atoms with Gasteiger partial charge >= 0.3 is 0 Å². The number of nitrogens with two attached hydrogens (primary N) is 1. The number of hydrogen-bond donors (Lipinski definition) is 4. The minimum absolute atomic E-state index is 0.0464. The maximum Gasteiger partial charge on any atom is 0.294 e. The first-order valence-electron chi connectivity index (χ1n) is 9.60. The highest BCUT2D eigenvalue weighted by Crippen LogP contribution is 2.29. The number of ether oxygens (including phenoxy) is 1. The molecule has 4 rings (SSSR count). The molecule has 33 heavy (non-hydrogen) atoms. The number of amides is 1.